The van der Waals surface area contributed by atoms with E-state index in [-0.39, 0.29) is 0 Å². The molecule has 5 heteroatoms. The van der Waals surface area contributed by atoms with Gasteiger partial charge < -0.3 is 9.80 Å². The van der Waals surface area contributed by atoms with Gasteiger partial charge in [0.1, 0.15) is 5.82 Å². The van der Waals surface area contributed by atoms with Gasteiger partial charge in [-0.1, -0.05) is 11.6 Å². The van der Waals surface area contributed by atoms with Gasteiger partial charge in [-0.05, 0) is 29.0 Å². The van der Waals surface area contributed by atoms with Gasteiger partial charge >= 0.3 is 0 Å². The first-order valence-corrected chi connectivity index (χ1v) is 6.08. The summed E-state index contributed by atoms with van der Waals surface area (Å²) in [5, 5.41) is 0.717. The third-order valence-corrected chi connectivity index (χ3v) is 3.30. The second-order valence-corrected chi connectivity index (χ2v) is 5.07. The van der Waals surface area contributed by atoms with Crippen LogP contribution in [0, 0.1) is 0 Å². The van der Waals surface area contributed by atoms with Crippen molar-refractivity contribution in [2.75, 3.05) is 38.1 Å². The Kier molecular flexibility index (Phi) is 3.49. The molecule has 0 spiro atoms. The van der Waals surface area contributed by atoms with Crippen LogP contribution in [0.4, 0.5) is 5.82 Å². The maximum absolute atomic E-state index is 6.15. The molecule has 82 valence electrons. The number of halogens is 2. The maximum atomic E-state index is 6.15. The summed E-state index contributed by atoms with van der Waals surface area (Å²) in [6.45, 7) is 4.11. The molecule has 0 amide bonds. The number of aromatic nitrogens is 1. The fourth-order valence-electron chi connectivity index (χ4n) is 1.66. The second-order valence-electron chi connectivity index (χ2n) is 3.75. The van der Waals surface area contributed by atoms with Crippen molar-refractivity contribution in [1.82, 2.24) is 9.88 Å². The van der Waals surface area contributed by atoms with Crippen molar-refractivity contribution in [2.24, 2.45) is 0 Å². The lowest BCUT2D eigenvalue weighted by molar-refractivity contribution is 0.312. The fourth-order valence-corrected chi connectivity index (χ4v) is 2.41. The first kappa shape index (κ1) is 11.2. The van der Waals surface area contributed by atoms with E-state index in [1.807, 2.05) is 6.07 Å². The van der Waals surface area contributed by atoms with Crippen LogP contribution in [0.1, 0.15) is 0 Å². The van der Waals surface area contributed by atoms with Crippen molar-refractivity contribution in [3.8, 4) is 0 Å². The second kappa shape index (κ2) is 4.68. The molecule has 1 aromatic rings. The van der Waals surface area contributed by atoms with E-state index < -0.39 is 0 Å². The van der Waals surface area contributed by atoms with Crippen LogP contribution in [0.15, 0.2) is 16.7 Å². The van der Waals surface area contributed by atoms with Crippen LogP contribution in [0.2, 0.25) is 5.02 Å². The minimum atomic E-state index is 0.717. The Bertz CT molecular complexity index is 351. The molecule has 0 atom stereocenters. The average molecular weight is 291 g/mol. The Hall–Kier alpha value is -0.320. The highest BCUT2D eigenvalue weighted by atomic mass is 79.9. The molecule has 2 heterocycles. The van der Waals surface area contributed by atoms with E-state index >= 15 is 0 Å². The first-order chi connectivity index (χ1) is 7.16. The zero-order chi connectivity index (χ0) is 10.8. The van der Waals surface area contributed by atoms with E-state index in [4.69, 9.17) is 11.6 Å². The minimum Gasteiger partial charge on any atom is -0.353 e. The van der Waals surface area contributed by atoms with Crippen molar-refractivity contribution >= 4 is 33.3 Å². The Labute approximate surface area is 103 Å². The number of hydrogen-bond donors (Lipinski definition) is 0. The van der Waals surface area contributed by atoms with Crippen molar-refractivity contribution in [2.45, 2.75) is 0 Å². The summed E-state index contributed by atoms with van der Waals surface area (Å²) < 4.78 is 0.922. The number of pyridine rings is 1. The number of anilines is 1. The molecule has 0 aromatic carbocycles. The molecule has 15 heavy (non-hydrogen) atoms. The number of piperazine rings is 1. The van der Waals surface area contributed by atoms with Gasteiger partial charge in [-0.3, -0.25) is 0 Å². The molecule has 1 aromatic heterocycles. The summed E-state index contributed by atoms with van der Waals surface area (Å²) in [5.74, 6) is 0.896. The van der Waals surface area contributed by atoms with Crippen LogP contribution in [0.25, 0.3) is 0 Å². The topological polar surface area (TPSA) is 19.4 Å². The van der Waals surface area contributed by atoms with Crippen molar-refractivity contribution in [3.63, 3.8) is 0 Å². The van der Waals surface area contributed by atoms with Crippen LogP contribution >= 0.6 is 27.5 Å². The summed E-state index contributed by atoms with van der Waals surface area (Å²) in [4.78, 5) is 8.89. The van der Waals surface area contributed by atoms with E-state index in [1.54, 1.807) is 6.20 Å². The van der Waals surface area contributed by atoms with Gasteiger partial charge in [0, 0.05) is 36.8 Å². The van der Waals surface area contributed by atoms with Crippen molar-refractivity contribution in [1.29, 1.82) is 0 Å². The molecule has 0 radical (unpaired) electrons. The molecule has 0 N–H and O–H groups in total. The van der Waals surface area contributed by atoms with E-state index in [9.17, 15) is 0 Å². The smallest absolute Gasteiger partial charge is 0.147 e. The predicted molar refractivity (Wildman–Crippen MR) is 66.7 cm³/mol. The first-order valence-electron chi connectivity index (χ1n) is 4.91. The van der Waals surface area contributed by atoms with Crippen molar-refractivity contribution < 1.29 is 0 Å². The van der Waals surface area contributed by atoms with Gasteiger partial charge in [-0.15, -0.1) is 0 Å². The number of hydrogen-bond acceptors (Lipinski definition) is 3. The number of nitrogens with zero attached hydrogens (tertiary/aromatic N) is 3. The molecule has 1 aliphatic rings. The van der Waals surface area contributed by atoms with E-state index in [1.165, 1.54) is 0 Å². The van der Waals surface area contributed by atoms with Crippen molar-refractivity contribution in [3.05, 3.63) is 21.8 Å². The molecular weight excluding hydrogens is 277 g/mol. The van der Waals surface area contributed by atoms with E-state index in [0.717, 1.165) is 36.5 Å². The number of likely N-dealkylation sites (N-methyl/N-ethyl adjacent to an activating group) is 1. The monoisotopic (exact) mass is 289 g/mol. The average Bonchev–Trinajstić information content (AvgIpc) is 2.20. The highest BCUT2D eigenvalue weighted by Crippen LogP contribution is 2.26. The molecule has 0 saturated carbocycles. The van der Waals surface area contributed by atoms with Crippen LogP contribution in [-0.4, -0.2) is 43.1 Å². The Balaban J connectivity index is 2.15. The van der Waals surface area contributed by atoms with Gasteiger partial charge in [-0.2, -0.15) is 0 Å². The third-order valence-electron chi connectivity index (χ3n) is 2.59. The lowest BCUT2D eigenvalue weighted by atomic mass is 10.3. The fraction of sp³-hybridized carbons (Fsp3) is 0.500. The highest BCUT2D eigenvalue weighted by molar-refractivity contribution is 9.10. The standard InChI is InChI=1S/C10H13BrClN3/c1-14-2-4-15(5-3-14)10-9(12)6-8(11)7-13-10/h6-7H,2-5H2,1H3. The molecule has 1 aliphatic heterocycles. The summed E-state index contributed by atoms with van der Waals surface area (Å²) in [6.07, 6.45) is 1.79. The Morgan fingerprint density at radius 1 is 1.33 bits per heavy atom. The zero-order valence-corrected chi connectivity index (χ0v) is 10.9. The van der Waals surface area contributed by atoms with Gasteiger partial charge in [0.05, 0.1) is 5.02 Å². The van der Waals surface area contributed by atoms with Gasteiger partial charge in [0.2, 0.25) is 0 Å². The Morgan fingerprint density at radius 2 is 2.00 bits per heavy atom. The van der Waals surface area contributed by atoms with Gasteiger partial charge in [0.15, 0.2) is 0 Å². The van der Waals surface area contributed by atoms with Crippen LogP contribution in [0.3, 0.4) is 0 Å². The summed E-state index contributed by atoms with van der Waals surface area (Å²) >= 11 is 9.51. The van der Waals surface area contributed by atoms with Crippen LogP contribution < -0.4 is 4.90 Å². The number of rotatable bonds is 1. The molecule has 2 rings (SSSR count). The van der Waals surface area contributed by atoms with E-state index in [2.05, 4.69) is 37.8 Å². The minimum absolute atomic E-state index is 0.717. The van der Waals surface area contributed by atoms with Gasteiger partial charge in [0.25, 0.3) is 0 Å². The highest BCUT2D eigenvalue weighted by Gasteiger charge is 2.17. The summed E-state index contributed by atoms with van der Waals surface area (Å²) in [7, 11) is 2.13. The molecule has 3 nitrogen and oxygen atoms in total. The maximum Gasteiger partial charge on any atom is 0.147 e. The normalized spacial score (nSPS) is 18.2. The molecular formula is C10H13BrClN3. The summed E-state index contributed by atoms with van der Waals surface area (Å²) in [6, 6.07) is 1.89. The molecule has 1 fully saturated rings. The lowest BCUT2D eigenvalue weighted by Crippen LogP contribution is -2.44. The quantitative estimate of drug-likeness (QED) is 0.791. The molecule has 1 saturated heterocycles. The third kappa shape index (κ3) is 2.62. The molecule has 0 aliphatic carbocycles. The predicted octanol–water partition coefficient (Wildman–Crippen LogP) is 2.25. The summed E-state index contributed by atoms with van der Waals surface area (Å²) in [5.41, 5.74) is 0. The van der Waals surface area contributed by atoms with E-state index in [0.29, 0.717) is 5.02 Å². The SMILES string of the molecule is CN1CCN(c2ncc(Br)cc2Cl)CC1. The lowest BCUT2D eigenvalue weighted by Gasteiger charge is -2.33. The van der Waals surface area contributed by atoms with Crippen LogP contribution in [0.5, 0.6) is 0 Å². The van der Waals surface area contributed by atoms with Crippen LogP contribution in [-0.2, 0) is 0 Å². The molecule has 0 bridgehead atoms. The molecule has 0 unspecified atom stereocenters. The van der Waals surface area contributed by atoms with Gasteiger partial charge in [-0.25, -0.2) is 4.98 Å². The zero-order valence-electron chi connectivity index (χ0n) is 8.58. The largest absolute Gasteiger partial charge is 0.353 e. The Morgan fingerprint density at radius 3 is 2.60 bits per heavy atom.